The molecule has 2 aliphatic rings. The summed E-state index contributed by atoms with van der Waals surface area (Å²) in [5, 5.41) is 17.9. The number of nitrogens with one attached hydrogen (secondary N) is 1. The van der Waals surface area contributed by atoms with Crippen LogP contribution in [0.3, 0.4) is 0 Å². The molecule has 2 fully saturated rings. The molecule has 1 aliphatic heterocycles. The number of piperazine rings is 1. The molecule has 0 radical (unpaired) electrons. The molecule has 1 aromatic heterocycles. The zero-order valence-corrected chi connectivity index (χ0v) is 13.1. The van der Waals surface area contributed by atoms with E-state index in [-0.39, 0.29) is 18.1 Å². The molecule has 2 atom stereocenters. The number of H-pyrrole nitrogens is 1. The molecular formula is C17H22N4O2. The molecule has 1 amide bonds. The molecular weight excluding hydrogens is 292 g/mol. The van der Waals surface area contributed by atoms with Crippen LogP contribution in [-0.4, -0.2) is 69.3 Å². The summed E-state index contributed by atoms with van der Waals surface area (Å²) in [6.45, 7) is 3.12. The number of nitrogens with zero attached hydrogens (tertiary/aromatic N) is 3. The van der Waals surface area contributed by atoms with E-state index in [1.165, 1.54) is 0 Å². The van der Waals surface area contributed by atoms with Gasteiger partial charge < -0.3 is 10.0 Å². The summed E-state index contributed by atoms with van der Waals surface area (Å²) >= 11 is 0. The van der Waals surface area contributed by atoms with Gasteiger partial charge in [0, 0.05) is 37.6 Å². The van der Waals surface area contributed by atoms with Crippen LogP contribution in [0.25, 0.3) is 10.9 Å². The quantitative estimate of drug-likeness (QED) is 0.874. The molecule has 23 heavy (non-hydrogen) atoms. The zero-order chi connectivity index (χ0) is 15.8. The molecule has 0 spiro atoms. The standard InChI is InChI=1S/C17H22N4O2/c22-16-6-2-5-15(16)20-7-9-21(10-8-20)17(23)12-3-1-4-14-13(12)11-18-19-14/h1,3-4,11,15-16,22H,2,5-10H2,(H,18,19)/t15-,16+/m0/s1. The summed E-state index contributed by atoms with van der Waals surface area (Å²) in [4.78, 5) is 17.1. The summed E-state index contributed by atoms with van der Waals surface area (Å²) in [5.74, 6) is 0.0728. The highest BCUT2D eigenvalue weighted by atomic mass is 16.3. The number of carbonyl (C=O) groups is 1. The molecule has 6 heteroatoms. The van der Waals surface area contributed by atoms with Crippen molar-refractivity contribution < 1.29 is 9.90 Å². The van der Waals surface area contributed by atoms with Crippen molar-refractivity contribution in [1.29, 1.82) is 0 Å². The SMILES string of the molecule is O=C(c1cccc2[nH]ncc12)N1CCN([C@H]2CCC[C@H]2O)CC1. The summed E-state index contributed by atoms with van der Waals surface area (Å²) < 4.78 is 0. The summed E-state index contributed by atoms with van der Waals surface area (Å²) in [6, 6.07) is 5.97. The Balaban J connectivity index is 1.46. The maximum absolute atomic E-state index is 12.8. The maximum atomic E-state index is 12.8. The van der Waals surface area contributed by atoms with Crippen LogP contribution in [0.1, 0.15) is 29.6 Å². The number of benzene rings is 1. The lowest BCUT2D eigenvalue weighted by Gasteiger charge is -2.39. The van der Waals surface area contributed by atoms with Gasteiger partial charge in [-0.15, -0.1) is 0 Å². The fourth-order valence-electron chi connectivity index (χ4n) is 3.93. The van der Waals surface area contributed by atoms with Gasteiger partial charge in [0.15, 0.2) is 0 Å². The second kappa shape index (κ2) is 5.94. The number of aliphatic hydroxyl groups excluding tert-OH is 1. The van der Waals surface area contributed by atoms with Crippen molar-refractivity contribution in [3.63, 3.8) is 0 Å². The number of hydrogen-bond acceptors (Lipinski definition) is 4. The van der Waals surface area contributed by atoms with E-state index in [1.54, 1.807) is 6.20 Å². The van der Waals surface area contributed by atoms with Gasteiger partial charge in [-0.1, -0.05) is 6.07 Å². The zero-order valence-electron chi connectivity index (χ0n) is 13.1. The molecule has 4 rings (SSSR count). The Labute approximate surface area is 135 Å². The van der Waals surface area contributed by atoms with Gasteiger partial charge >= 0.3 is 0 Å². The molecule has 0 unspecified atom stereocenters. The fourth-order valence-corrected chi connectivity index (χ4v) is 3.93. The van der Waals surface area contributed by atoms with Crippen LogP contribution >= 0.6 is 0 Å². The first-order valence-corrected chi connectivity index (χ1v) is 8.37. The third-order valence-corrected chi connectivity index (χ3v) is 5.23. The molecule has 0 bridgehead atoms. The Hall–Kier alpha value is -1.92. The van der Waals surface area contributed by atoms with Crippen molar-refractivity contribution in [2.75, 3.05) is 26.2 Å². The van der Waals surface area contributed by atoms with Gasteiger partial charge in [-0.25, -0.2) is 0 Å². The Kier molecular flexibility index (Phi) is 3.79. The average Bonchev–Trinajstić information content (AvgIpc) is 3.22. The van der Waals surface area contributed by atoms with Crippen LogP contribution in [-0.2, 0) is 0 Å². The first-order chi connectivity index (χ1) is 11.2. The highest BCUT2D eigenvalue weighted by Gasteiger charge is 2.33. The highest BCUT2D eigenvalue weighted by molar-refractivity contribution is 6.06. The minimum Gasteiger partial charge on any atom is -0.391 e. The lowest BCUT2D eigenvalue weighted by atomic mass is 10.1. The van der Waals surface area contributed by atoms with Crippen molar-refractivity contribution in [3.8, 4) is 0 Å². The molecule has 1 saturated heterocycles. The van der Waals surface area contributed by atoms with E-state index < -0.39 is 0 Å². The lowest BCUT2D eigenvalue weighted by molar-refractivity contribution is 0.0316. The van der Waals surface area contributed by atoms with E-state index in [4.69, 9.17) is 0 Å². The monoisotopic (exact) mass is 314 g/mol. The van der Waals surface area contributed by atoms with Gasteiger partial charge in [0.1, 0.15) is 0 Å². The van der Waals surface area contributed by atoms with E-state index in [1.807, 2.05) is 23.1 Å². The predicted molar refractivity (Wildman–Crippen MR) is 87.2 cm³/mol. The smallest absolute Gasteiger partial charge is 0.254 e. The van der Waals surface area contributed by atoms with Crippen molar-refractivity contribution in [1.82, 2.24) is 20.0 Å². The van der Waals surface area contributed by atoms with E-state index in [0.717, 1.165) is 56.3 Å². The summed E-state index contributed by atoms with van der Waals surface area (Å²) in [7, 11) is 0. The minimum atomic E-state index is -0.197. The molecule has 1 saturated carbocycles. The van der Waals surface area contributed by atoms with Crippen molar-refractivity contribution >= 4 is 16.8 Å². The maximum Gasteiger partial charge on any atom is 0.254 e. The Morgan fingerprint density at radius 2 is 2.04 bits per heavy atom. The summed E-state index contributed by atoms with van der Waals surface area (Å²) in [6.07, 6.45) is 4.61. The normalized spacial score (nSPS) is 26.0. The van der Waals surface area contributed by atoms with Crippen LogP contribution < -0.4 is 0 Å². The van der Waals surface area contributed by atoms with Gasteiger partial charge in [-0.3, -0.25) is 14.8 Å². The largest absolute Gasteiger partial charge is 0.391 e. The molecule has 1 aliphatic carbocycles. The molecule has 1 aromatic carbocycles. The second-order valence-corrected chi connectivity index (χ2v) is 6.53. The van der Waals surface area contributed by atoms with E-state index in [0.29, 0.717) is 5.56 Å². The third-order valence-electron chi connectivity index (χ3n) is 5.23. The van der Waals surface area contributed by atoms with Gasteiger partial charge in [0.25, 0.3) is 5.91 Å². The van der Waals surface area contributed by atoms with Crippen LogP contribution in [0.15, 0.2) is 24.4 Å². The molecule has 122 valence electrons. The number of amides is 1. The predicted octanol–water partition coefficient (Wildman–Crippen LogP) is 1.23. The number of aliphatic hydroxyl groups is 1. The minimum absolute atomic E-state index is 0.0728. The number of hydrogen-bond donors (Lipinski definition) is 2. The second-order valence-electron chi connectivity index (χ2n) is 6.53. The van der Waals surface area contributed by atoms with Crippen molar-refractivity contribution in [2.24, 2.45) is 0 Å². The van der Waals surface area contributed by atoms with Crippen LogP contribution in [0.4, 0.5) is 0 Å². The van der Waals surface area contributed by atoms with E-state index in [2.05, 4.69) is 15.1 Å². The number of carbonyl (C=O) groups excluding carboxylic acids is 1. The van der Waals surface area contributed by atoms with Gasteiger partial charge in [-0.05, 0) is 31.4 Å². The van der Waals surface area contributed by atoms with Crippen LogP contribution in [0.2, 0.25) is 0 Å². The highest BCUT2D eigenvalue weighted by Crippen LogP contribution is 2.26. The fraction of sp³-hybridized carbons (Fsp3) is 0.529. The van der Waals surface area contributed by atoms with Gasteiger partial charge in [-0.2, -0.15) is 5.10 Å². The van der Waals surface area contributed by atoms with E-state index >= 15 is 0 Å². The molecule has 2 heterocycles. The Morgan fingerprint density at radius 3 is 2.78 bits per heavy atom. The molecule has 2 aromatic rings. The first kappa shape index (κ1) is 14.7. The lowest BCUT2D eigenvalue weighted by Crippen LogP contribution is -2.53. The van der Waals surface area contributed by atoms with Crippen molar-refractivity contribution in [2.45, 2.75) is 31.4 Å². The summed E-state index contributed by atoms with van der Waals surface area (Å²) in [5.41, 5.74) is 1.61. The van der Waals surface area contributed by atoms with Crippen LogP contribution in [0, 0.1) is 0 Å². The Morgan fingerprint density at radius 1 is 1.22 bits per heavy atom. The average molecular weight is 314 g/mol. The van der Waals surface area contributed by atoms with E-state index in [9.17, 15) is 9.90 Å². The molecule has 2 N–H and O–H groups in total. The number of rotatable bonds is 2. The number of fused-ring (bicyclic) bond motifs is 1. The number of aromatic nitrogens is 2. The number of aromatic amines is 1. The van der Waals surface area contributed by atoms with Gasteiger partial charge in [0.2, 0.25) is 0 Å². The Bertz CT molecular complexity index is 705. The van der Waals surface area contributed by atoms with Crippen molar-refractivity contribution in [3.05, 3.63) is 30.0 Å². The first-order valence-electron chi connectivity index (χ1n) is 8.37. The molecule has 6 nitrogen and oxygen atoms in total. The third kappa shape index (κ3) is 2.62. The van der Waals surface area contributed by atoms with Gasteiger partial charge in [0.05, 0.1) is 23.4 Å². The van der Waals surface area contributed by atoms with Crippen LogP contribution in [0.5, 0.6) is 0 Å². The topological polar surface area (TPSA) is 72.5 Å².